The Bertz CT molecular complexity index is 601. The van der Waals surface area contributed by atoms with Gasteiger partial charge in [0.1, 0.15) is 5.82 Å². The van der Waals surface area contributed by atoms with E-state index in [0.29, 0.717) is 10.7 Å². The van der Waals surface area contributed by atoms with Crippen LogP contribution in [-0.2, 0) is 0 Å². The maximum absolute atomic E-state index is 12.8. The van der Waals surface area contributed by atoms with Crippen molar-refractivity contribution in [1.29, 1.82) is 0 Å². The summed E-state index contributed by atoms with van der Waals surface area (Å²) in [5, 5.41) is 5.90. The topological polar surface area (TPSA) is 41.1 Å². The standard InChI is InChI=1S/C15H14ClFN2O/c1-10(11-6-8-12(17)9-7-11)18-15(20)19-14-5-3-2-4-13(14)16/h2-10H,1H3,(H2,18,19,20)/t10-/m1/s1. The predicted octanol–water partition coefficient (Wildman–Crippen LogP) is 4.36. The minimum absolute atomic E-state index is 0.238. The number of carbonyl (C=O) groups is 1. The van der Waals surface area contributed by atoms with Gasteiger partial charge in [0.2, 0.25) is 0 Å². The summed E-state index contributed by atoms with van der Waals surface area (Å²) in [4.78, 5) is 11.9. The molecule has 0 heterocycles. The van der Waals surface area contributed by atoms with Crippen molar-refractivity contribution < 1.29 is 9.18 Å². The monoisotopic (exact) mass is 292 g/mol. The Labute approximate surface area is 121 Å². The van der Waals surface area contributed by atoms with Crippen LogP contribution in [-0.4, -0.2) is 6.03 Å². The molecule has 0 unspecified atom stereocenters. The van der Waals surface area contributed by atoms with Crippen molar-refractivity contribution in [2.45, 2.75) is 13.0 Å². The Kier molecular flexibility index (Phi) is 4.58. The van der Waals surface area contributed by atoms with Crippen LogP contribution in [0.5, 0.6) is 0 Å². The highest BCUT2D eigenvalue weighted by atomic mass is 35.5. The van der Waals surface area contributed by atoms with Crippen molar-refractivity contribution in [2.24, 2.45) is 0 Å². The summed E-state index contributed by atoms with van der Waals surface area (Å²) in [6.07, 6.45) is 0. The number of carbonyl (C=O) groups excluding carboxylic acids is 1. The van der Waals surface area contributed by atoms with Gasteiger partial charge in [-0.15, -0.1) is 0 Å². The summed E-state index contributed by atoms with van der Waals surface area (Å²) >= 11 is 5.96. The van der Waals surface area contributed by atoms with Gasteiger partial charge in [0.05, 0.1) is 16.8 Å². The molecule has 3 nitrogen and oxygen atoms in total. The first-order chi connectivity index (χ1) is 9.56. The van der Waals surface area contributed by atoms with E-state index in [1.807, 2.05) is 6.92 Å². The van der Waals surface area contributed by atoms with E-state index in [-0.39, 0.29) is 17.9 Å². The number of benzene rings is 2. The number of para-hydroxylation sites is 1. The van der Waals surface area contributed by atoms with Crippen LogP contribution in [0.15, 0.2) is 48.5 Å². The third-order valence-electron chi connectivity index (χ3n) is 2.84. The highest BCUT2D eigenvalue weighted by Crippen LogP contribution is 2.20. The molecule has 5 heteroatoms. The predicted molar refractivity (Wildman–Crippen MR) is 78.4 cm³/mol. The van der Waals surface area contributed by atoms with Gasteiger partial charge in [-0.3, -0.25) is 0 Å². The van der Waals surface area contributed by atoms with E-state index in [1.165, 1.54) is 12.1 Å². The molecule has 0 spiro atoms. The molecule has 104 valence electrons. The fourth-order valence-corrected chi connectivity index (χ4v) is 1.94. The van der Waals surface area contributed by atoms with E-state index in [2.05, 4.69) is 10.6 Å². The molecule has 20 heavy (non-hydrogen) atoms. The van der Waals surface area contributed by atoms with Crippen molar-refractivity contribution in [3.63, 3.8) is 0 Å². The summed E-state index contributed by atoms with van der Waals surface area (Å²) in [7, 11) is 0. The Morgan fingerprint density at radius 1 is 1.15 bits per heavy atom. The van der Waals surface area contributed by atoms with E-state index >= 15 is 0 Å². The highest BCUT2D eigenvalue weighted by Gasteiger charge is 2.10. The Balaban J connectivity index is 1.98. The summed E-state index contributed by atoms with van der Waals surface area (Å²) in [6, 6.07) is 12.4. The van der Waals surface area contributed by atoms with Crippen LogP contribution >= 0.6 is 11.6 Å². The lowest BCUT2D eigenvalue weighted by Gasteiger charge is -2.15. The smallest absolute Gasteiger partial charge is 0.319 e. The van der Waals surface area contributed by atoms with Crippen LogP contribution in [0.4, 0.5) is 14.9 Å². The van der Waals surface area contributed by atoms with E-state index in [4.69, 9.17) is 11.6 Å². The number of hydrogen-bond donors (Lipinski definition) is 2. The Morgan fingerprint density at radius 2 is 1.80 bits per heavy atom. The zero-order chi connectivity index (χ0) is 14.5. The lowest BCUT2D eigenvalue weighted by Crippen LogP contribution is -2.31. The van der Waals surface area contributed by atoms with E-state index < -0.39 is 0 Å². The minimum atomic E-state index is -0.366. The van der Waals surface area contributed by atoms with Crippen LogP contribution in [0.2, 0.25) is 5.02 Å². The SMILES string of the molecule is C[C@@H](NC(=O)Nc1ccccc1Cl)c1ccc(F)cc1. The maximum atomic E-state index is 12.8. The molecule has 0 bridgehead atoms. The lowest BCUT2D eigenvalue weighted by atomic mass is 10.1. The molecule has 0 aliphatic carbocycles. The fourth-order valence-electron chi connectivity index (χ4n) is 1.75. The number of amides is 2. The molecule has 2 aromatic rings. The van der Waals surface area contributed by atoms with Crippen molar-refractivity contribution in [3.8, 4) is 0 Å². The molecule has 0 aliphatic heterocycles. The largest absolute Gasteiger partial charge is 0.331 e. The van der Waals surface area contributed by atoms with E-state index in [0.717, 1.165) is 5.56 Å². The molecule has 0 aromatic heterocycles. The summed E-state index contributed by atoms with van der Waals surface area (Å²) in [5.74, 6) is -0.304. The molecule has 0 fully saturated rings. The van der Waals surface area contributed by atoms with Gasteiger partial charge in [0.15, 0.2) is 0 Å². The number of hydrogen-bond acceptors (Lipinski definition) is 1. The molecule has 2 amide bonds. The van der Waals surface area contributed by atoms with E-state index in [9.17, 15) is 9.18 Å². The lowest BCUT2D eigenvalue weighted by molar-refractivity contribution is 0.249. The fraction of sp³-hybridized carbons (Fsp3) is 0.133. The second kappa shape index (κ2) is 6.39. The zero-order valence-electron chi connectivity index (χ0n) is 10.9. The first-order valence-corrected chi connectivity index (χ1v) is 6.51. The molecule has 0 radical (unpaired) electrons. The molecule has 2 rings (SSSR count). The van der Waals surface area contributed by atoms with Gasteiger partial charge < -0.3 is 10.6 Å². The third-order valence-corrected chi connectivity index (χ3v) is 3.17. The second-order valence-corrected chi connectivity index (χ2v) is 4.76. The first kappa shape index (κ1) is 14.3. The molecular weight excluding hydrogens is 279 g/mol. The molecule has 0 saturated heterocycles. The summed E-state index contributed by atoms with van der Waals surface area (Å²) in [6.45, 7) is 1.82. The van der Waals surface area contributed by atoms with Gasteiger partial charge in [-0.2, -0.15) is 0 Å². The highest BCUT2D eigenvalue weighted by molar-refractivity contribution is 6.33. The van der Waals surface area contributed by atoms with Gasteiger partial charge in [0, 0.05) is 0 Å². The Hall–Kier alpha value is -2.07. The average molecular weight is 293 g/mol. The van der Waals surface area contributed by atoms with Gasteiger partial charge in [0.25, 0.3) is 0 Å². The van der Waals surface area contributed by atoms with Crippen molar-refractivity contribution in [3.05, 3.63) is 64.9 Å². The van der Waals surface area contributed by atoms with Gasteiger partial charge in [-0.05, 0) is 36.8 Å². The average Bonchev–Trinajstić information content (AvgIpc) is 2.42. The zero-order valence-corrected chi connectivity index (χ0v) is 11.6. The quantitative estimate of drug-likeness (QED) is 0.867. The van der Waals surface area contributed by atoms with Gasteiger partial charge >= 0.3 is 6.03 Å². The maximum Gasteiger partial charge on any atom is 0.319 e. The van der Waals surface area contributed by atoms with Gasteiger partial charge in [-0.25, -0.2) is 9.18 Å². The molecule has 2 N–H and O–H groups in total. The third kappa shape index (κ3) is 3.71. The summed E-state index contributed by atoms with van der Waals surface area (Å²) < 4.78 is 12.8. The number of halogens is 2. The number of anilines is 1. The normalized spacial score (nSPS) is 11.8. The molecule has 0 saturated carbocycles. The minimum Gasteiger partial charge on any atom is -0.331 e. The molecule has 0 aliphatic rings. The molecule has 1 atom stereocenters. The van der Waals surface area contributed by atoms with E-state index in [1.54, 1.807) is 36.4 Å². The van der Waals surface area contributed by atoms with Crippen molar-refractivity contribution in [2.75, 3.05) is 5.32 Å². The molecular formula is C15H14ClFN2O. The number of rotatable bonds is 3. The number of urea groups is 1. The Morgan fingerprint density at radius 3 is 2.45 bits per heavy atom. The van der Waals surface area contributed by atoms with Crippen molar-refractivity contribution in [1.82, 2.24) is 5.32 Å². The van der Waals surface area contributed by atoms with Crippen LogP contribution in [0.1, 0.15) is 18.5 Å². The van der Waals surface area contributed by atoms with Crippen LogP contribution in [0.3, 0.4) is 0 Å². The second-order valence-electron chi connectivity index (χ2n) is 4.35. The van der Waals surface area contributed by atoms with Crippen molar-refractivity contribution >= 4 is 23.3 Å². The number of nitrogens with one attached hydrogen (secondary N) is 2. The molecule has 2 aromatic carbocycles. The first-order valence-electron chi connectivity index (χ1n) is 6.14. The van der Waals surface area contributed by atoms with Gasteiger partial charge in [-0.1, -0.05) is 35.9 Å². The van der Waals surface area contributed by atoms with Crippen LogP contribution in [0.25, 0.3) is 0 Å². The van der Waals surface area contributed by atoms with Crippen LogP contribution in [0, 0.1) is 5.82 Å². The summed E-state index contributed by atoms with van der Waals surface area (Å²) in [5.41, 5.74) is 1.36. The van der Waals surface area contributed by atoms with Crippen LogP contribution < -0.4 is 10.6 Å².